The van der Waals surface area contributed by atoms with E-state index in [0.717, 1.165) is 0 Å². The first-order chi connectivity index (χ1) is 6.06. The van der Waals surface area contributed by atoms with Crippen molar-refractivity contribution in [1.29, 1.82) is 0 Å². The third kappa shape index (κ3) is 7.51. The first-order valence-corrected chi connectivity index (χ1v) is 6.77. The van der Waals surface area contributed by atoms with Crippen LogP contribution < -0.4 is 69.7 Å². The number of rotatable bonds is 5. The molecule has 0 rings (SSSR count). The quantitative estimate of drug-likeness (QED) is 0.243. The van der Waals surface area contributed by atoms with Crippen LogP contribution >= 0.6 is 15.2 Å². The van der Waals surface area contributed by atoms with Gasteiger partial charge in [0.05, 0.1) is 0 Å². The van der Waals surface area contributed by atoms with Crippen molar-refractivity contribution in [2.45, 2.75) is 17.9 Å². The van der Waals surface area contributed by atoms with E-state index in [1.165, 1.54) is 0 Å². The van der Waals surface area contributed by atoms with Crippen LogP contribution in [0.2, 0.25) is 0 Å². The zero-order valence-electron chi connectivity index (χ0n) is 9.61. The topological polar surface area (TPSA) is 196 Å². The van der Waals surface area contributed by atoms with Crippen LogP contribution in [-0.4, -0.2) is 36.9 Å². The van der Waals surface area contributed by atoms with Crippen molar-refractivity contribution in [2.24, 2.45) is 5.73 Å². The summed E-state index contributed by atoms with van der Waals surface area (Å²) < 4.78 is 21.3. The molecule has 0 aliphatic heterocycles. The van der Waals surface area contributed by atoms with Crippen LogP contribution in [0.3, 0.4) is 0 Å². The van der Waals surface area contributed by atoms with Crippen molar-refractivity contribution in [3.8, 4) is 0 Å². The maximum absolute atomic E-state index is 10.7. The van der Waals surface area contributed by atoms with Gasteiger partial charge in [0.2, 0.25) is 5.08 Å². The van der Waals surface area contributed by atoms with Crippen LogP contribution in [0.5, 0.6) is 0 Å². The van der Waals surface area contributed by atoms with Gasteiger partial charge >= 0.3 is 66.7 Å². The molecule has 0 spiro atoms. The molecular weight excluding hydrogens is 298 g/mol. The molecule has 0 radical (unpaired) electrons. The molecule has 0 heterocycles. The predicted molar refractivity (Wildman–Crippen MR) is 48.7 cm³/mol. The van der Waals surface area contributed by atoms with Crippen molar-refractivity contribution in [3.63, 3.8) is 0 Å². The van der Waals surface area contributed by atoms with E-state index in [1.54, 1.807) is 0 Å². The predicted octanol–water partition coefficient (Wildman–Crippen LogP) is -8.72. The minimum Gasteiger partial charge on any atom is -0.776 e. The second-order valence-electron chi connectivity index (χ2n) is 2.73. The van der Waals surface area contributed by atoms with Gasteiger partial charge in [0.15, 0.2) is 7.60 Å². The zero-order chi connectivity index (χ0) is 11.6. The van der Waals surface area contributed by atoms with Gasteiger partial charge in [-0.2, -0.15) is 0 Å². The second-order valence-corrected chi connectivity index (χ2v) is 6.69. The molecule has 0 saturated heterocycles. The fraction of sp³-hybridized carbons (Fsp3) is 1.00. The van der Waals surface area contributed by atoms with Gasteiger partial charge in [-0.1, -0.05) is 0 Å². The molecule has 0 fully saturated rings. The van der Waals surface area contributed by atoms with Crippen LogP contribution in [0.25, 0.3) is 0 Å². The van der Waals surface area contributed by atoms with Crippen molar-refractivity contribution in [2.75, 3.05) is 6.54 Å². The van der Waals surface area contributed by atoms with Gasteiger partial charge in [-0.25, -0.2) is 0 Å². The average Bonchev–Trinajstić information content (AvgIpc) is 1.95. The molecule has 94 valence electrons. The number of hydrogen-bond donors (Lipinski definition) is 5. The summed E-state index contributed by atoms with van der Waals surface area (Å²) in [4.78, 5) is 36.3. The Morgan fingerprint density at radius 3 is 1.71 bits per heavy atom. The summed E-state index contributed by atoms with van der Waals surface area (Å²) in [7, 11) is -10.9. The van der Waals surface area contributed by atoms with Crippen molar-refractivity contribution in [1.82, 2.24) is 0 Å². The summed E-state index contributed by atoms with van der Waals surface area (Å²) in [5, 5.41) is 5.74. The Labute approximate surface area is 142 Å². The van der Waals surface area contributed by atoms with Gasteiger partial charge in [-0.05, 0) is 19.4 Å². The van der Waals surface area contributed by atoms with Crippen LogP contribution in [-0.2, 0) is 9.13 Å². The Morgan fingerprint density at radius 1 is 1.18 bits per heavy atom. The molecular formula is C4H14NNa2O8P2+. The number of nitrogens with two attached hydrogens (primary N) is 1. The summed E-state index contributed by atoms with van der Waals surface area (Å²) in [6.07, 6.45) is -0.959. The van der Waals surface area contributed by atoms with E-state index in [0.29, 0.717) is 0 Å². The molecule has 0 aromatic carbocycles. The molecule has 2 unspecified atom stereocenters. The first-order valence-electron chi connectivity index (χ1n) is 3.58. The molecule has 13 heteroatoms. The maximum atomic E-state index is 10.7. The van der Waals surface area contributed by atoms with E-state index in [1.807, 2.05) is 0 Å². The fourth-order valence-electron chi connectivity index (χ4n) is 0.791. The SMILES string of the molecule is NCCCC(O)(P(=O)([O-])O)P(=O)(O)O.O.[Na+].[Na+]. The largest absolute Gasteiger partial charge is 1.00 e. The number of hydrogen-bond acceptors (Lipinski definition) is 5. The molecule has 0 aromatic rings. The van der Waals surface area contributed by atoms with Crippen LogP contribution in [0, 0.1) is 0 Å². The third-order valence-electron chi connectivity index (χ3n) is 1.64. The molecule has 2 atom stereocenters. The van der Waals surface area contributed by atoms with E-state index in [4.69, 9.17) is 20.4 Å². The summed E-state index contributed by atoms with van der Waals surface area (Å²) in [5.41, 5.74) is 4.98. The first kappa shape index (κ1) is 27.5. The Balaban J connectivity index is -0.000000282. The Hall–Kier alpha value is 2.18. The van der Waals surface area contributed by atoms with E-state index in [2.05, 4.69) is 0 Å². The van der Waals surface area contributed by atoms with Crippen LogP contribution in [0.4, 0.5) is 0 Å². The molecule has 0 saturated carbocycles. The normalized spacial score (nSPS) is 17.5. The van der Waals surface area contributed by atoms with E-state index < -0.39 is 26.7 Å². The summed E-state index contributed by atoms with van der Waals surface area (Å²) in [6, 6.07) is 0. The van der Waals surface area contributed by atoms with Gasteiger partial charge in [0, 0.05) is 0 Å². The summed E-state index contributed by atoms with van der Waals surface area (Å²) in [6.45, 7) is -0.0672. The monoisotopic (exact) mass is 312 g/mol. The fourth-order valence-corrected chi connectivity index (χ4v) is 3.00. The molecule has 0 aliphatic carbocycles. The zero-order valence-corrected chi connectivity index (χ0v) is 15.4. The smallest absolute Gasteiger partial charge is 0.776 e. The van der Waals surface area contributed by atoms with E-state index in [9.17, 15) is 19.1 Å². The standard InChI is InChI=1S/C4H13NO7P2.2Na.H2O/c5-3-1-2-4(6,13(7,8)9)14(10,11)12;;;/h6H,1-3,5H2,(H2,7,8,9)(H2,10,11,12);;;1H2/q;2*+1;/p-1. The van der Waals surface area contributed by atoms with Gasteiger partial charge in [0.25, 0.3) is 0 Å². The average molecular weight is 312 g/mol. The Bertz CT molecular complexity index is 267. The van der Waals surface area contributed by atoms with Gasteiger partial charge in [-0.15, -0.1) is 0 Å². The Morgan fingerprint density at radius 2 is 1.53 bits per heavy atom. The minimum absolute atomic E-state index is 0. The Kier molecular flexibility index (Phi) is 16.2. The van der Waals surface area contributed by atoms with Crippen LogP contribution in [0.15, 0.2) is 0 Å². The van der Waals surface area contributed by atoms with Crippen molar-refractivity contribution in [3.05, 3.63) is 0 Å². The molecule has 0 aliphatic rings. The molecule has 9 nitrogen and oxygen atoms in total. The van der Waals surface area contributed by atoms with Crippen molar-refractivity contribution < 1.29 is 98.4 Å². The summed E-state index contributed by atoms with van der Waals surface area (Å²) >= 11 is 0. The van der Waals surface area contributed by atoms with Gasteiger partial charge in [-0.3, -0.25) is 4.57 Å². The second kappa shape index (κ2) is 9.99. The molecule has 8 N–H and O–H groups in total. The van der Waals surface area contributed by atoms with Crippen molar-refractivity contribution >= 4 is 15.2 Å². The van der Waals surface area contributed by atoms with Gasteiger partial charge < -0.3 is 40.5 Å². The minimum atomic E-state index is -5.55. The molecule has 0 aromatic heterocycles. The molecule has 0 bridgehead atoms. The third-order valence-corrected chi connectivity index (χ3v) is 5.46. The van der Waals surface area contributed by atoms with E-state index >= 15 is 0 Å². The summed E-state index contributed by atoms with van der Waals surface area (Å²) in [5.74, 6) is 0. The van der Waals surface area contributed by atoms with Crippen LogP contribution in [0.1, 0.15) is 12.8 Å². The van der Waals surface area contributed by atoms with Gasteiger partial charge in [0.1, 0.15) is 0 Å². The molecule has 17 heavy (non-hydrogen) atoms. The van der Waals surface area contributed by atoms with E-state index in [-0.39, 0.29) is 77.6 Å². The maximum Gasteiger partial charge on any atom is 1.00 e. The number of aliphatic hydroxyl groups is 1. The molecule has 0 amide bonds.